The fraction of sp³-hybridized carbons (Fsp3) is 0.0909. The predicted molar refractivity (Wildman–Crippen MR) is 80.2 cm³/mol. The van der Waals surface area contributed by atoms with Crippen LogP contribution in [0.2, 0.25) is 5.02 Å². The molecule has 0 bridgehead atoms. The maximum absolute atomic E-state index is 10.1. The second-order valence-corrected chi connectivity index (χ2v) is 7.28. The van der Waals surface area contributed by atoms with Crippen molar-refractivity contribution in [2.24, 2.45) is 0 Å². The first kappa shape index (κ1) is 12.8. The lowest BCUT2D eigenvalue weighted by Gasteiger charge is -2.08. The Morgan fingerprint density at radius 3 is 2.44 bits per heavy atom. The predicted octanol–water partition coefficient (Wildman–Crippen LogP) is 4.85. The van der Waals surface area contributed by atoms with Crippen LogP contribution in [0.5, 0.6) is 0 Å². The summed E-state index contributed by atoms with van der Waals surface area (Å²) in [5.74, 6) is 0. The van der Waals surface area contributed by atoms with E-state index in [0.717, 1.165) is 17.8 Å². The van der Waals surface area contributed by atoms with Gasteiger partial charge in [0, 0.05) is 8.45 Å². The number of thiophene rings is 1. The van der Waals surface area contributed by atoms with Crippen LogP contribution in [0, 0.1) is 3.57 Å². The van der Waals surface area contributed by atoms with Crippen molar-refractivity contribution < 1.29 is 5.11 Å². The molecule has 1 N–H and O–H groups in total. The summed E-state index contributed by atoms with van der Waals surface area (Å²) in [6.07, 6.45) is -0.606. The third kappa shape index (κ3) is 2.79. The molecule has 2 rings (SSSR count). The molecule has 0 amide bonds. The van der Waals surface area contributed by atoms with E-state index in [9.17, 15) is 5.11 Å². The number of rotatable bonds is 2. The van der Waals surface area contributed by atoms with E-state index in [2.05, 4.69) is 38.5 Å². The van der Waals surface area contributed by atoms with Crippen molar-refractivity contribution in [2.75, 3.05) is 0 Å². The number of benzene rings is 1. The number of hydrogen-bond donors (Lipinski definition) is 1. The normalized spacial score (nSPS) is 12.8. The lowest BCUT2D eigenvalue weighted by molar-refractivity contribution is 0.224. The summed E-state index contributed by atoms with van der Waals surface area (Å²) < 4.78 is 2.01. The Kier molecular flexibility index (Phi) is 4.29. The van der Waals surface area contributed by atoms with Crippen LogP contribution in [0.3, 0.4) is 0 Å². The highest BCUT2D eigenvalue weighted by atomic mass is 127. The van der Waals surface area contributed by atoms with Crippen LogP contribution in [-0.2, 0) is 0 Å². The van der Waals surface area contributed by atoms with Crippen molar-refractivity contribution in [3.8, 4) is 0 Å². The van der Waals surface area contributed by atoms with Crippen molar-refractivity contribution >= 4 is 61.5 Å². The van der Waals surface area contributed by atoms with Crippen LogP contribution < -0.4 is 0 Å². The van der Waals surface area contributed by atoms with E-state index in [1.165, 1.54) is 11.3 Å². The fourth-order valence-corrected chi connectivity index (χ4v) is 3.43. The maximum Gasteiger partial charge on any atom is 0.113 e. The molecule has 0 saturated heterocycles. The first-order valence-electron chi connectivity index (χ1n) is 4.46. The van der Waals surface area contributed by atoms with E-state index in [1.54, 1.807) is 6.07 Å². The summed E-state index contributed by atoms with van der Waals surface area (Å²) in [6, 6.07) is 9.59. The van der Waals surface area contributed by atoms with Gasteiger partial charge in [-0.05, 0) is 62.3 Å². The van der Waals surface area contributed by atoms with Gasteiger partial charge in [0.25, 0.3) is 0 Å². The Labute approximate surface area is 125 Å². The largest absolute Gasteiger partial charge is 0.383 e. The van der Waals surface area contributed by atoms with E-state index >= 15 is 0 Å². The van der Waals surface area contributed by atoms with Gasteiger partial charge in [0.1, 0.15) is 6.10 Å². The first-order valence-corrected chi connectivity index (χ1v) is 7.53. The molecule has 0 aliphatic carbocycles. The fourth-order valence-electron chi connectivity index (χ4n) is 1.31. The van der Waals surface area contributed by atoms with E-state index in [4.69, 9.17) is 11.6 Å². The number of halogens is 3. The van der Waals surface area contributed by atoms with Crippen LogP contribution >= 0.6 is 61.5 Å². The van der Waals surface area contributed by atoms with Crippen LogP contribution in [0.15, 0.2) is 34.1 Å². The third-order valence-corrected chi connectivity index (χ3v) is 5.37. The molecule has 84 valence electrons. The molecule has 0 saturated carbocycles. The second kappa shape index (κ2) is 5.35. The topological polar surface area (TPSA) is 20.2 Å². The van der Waals surface area contributed by atoms with E-state index in [0.29, 0.717) is 5.02 Å². The van der Waals surface area contributed by atoms with Gasteiger partial charge in [-0.3, -0.25) is 0 Å². The molecule has 1 atom stereocenters. The summed E-state index contributed by atoms with van der Waals surface area (Å²) in [7, 11) is 0. The van der Waals surface area contributed by atoms with Crippen molar-refractivity contribution in [3.63, 3.8) is 0 Å². The van der Waals surface area contributed by atoms with Gasteiger partial charge in [-0.15, -0.1) is 11.3 Å². The SMILES string of the molecule is OC(c1ccc(I)cc1)c1cc(Cl)c(Br)s1. The lowest BCUT2D eigenvalue weighted by atomic mass is 10.1. The molecule has 0 spiro atoms. The van der Waals surface area contributed by atoms with Crippen molar-refractivity contribution in [1.82, 2.24) is 0 Å². The molecule has 0 aliphatic rings. The molecule has 1 aromatic carbocycles. The molecule has 1 nitrogen and oxygen atoms in total. The minimum absolute atomic E-state index is 0.606. The molecule has 1 heterocycles. The highest BCUT2D eigenvalue weighted by Gasteiger charge is 2.14. The van der Waals surface area contributed by atoms with Gasteiger partial charge >= 0.3 is 0 Å². The van der Waals surface area contributed by atoms with Crippen molar-refractivity contribution in [3.05, 3.63) is 53.2 Å². The Bertz CT molecular complexity index is 478. The van der Waals surface area contributed by atoms with Crippen LogP contribution in [0.1, 0.15) is 16.5 Å². The molecule has 16 heavy (non-hydrogen) atoms. The van der Waals surface area contributed by atoms with Gasteiger partial charge in [-0.25, -0.2) is 0 Å². The second-order valence-electron chi connectivity index (χ2n) is 3.22. The zero-order valence-corrected chi connectivity index (χ0v) is 13.3. The minimum Gasteiger partial charge on any atom is -0.383 e. The van der Waals surface area contributed by atoms with Gasteiger partial charge in [0.2, 0.25) is 0 Å². The summed E-state index contributed by atoms with van der Waals surface area (Å²) in [6.45, 7) is 0. The van der Waals surface area contributed by atoms with E-state index in [1.807, 2.05) is 24.3 Å². The molecule has 5 heteroatoms. The summed E-state index contributed by atoms with van der Waals surface area (Å²) in [4.78, 5) is 0.845. The Morgan fingerprint density at radius 1 is 1.31 bits per heavy atom. The Balaban J connectivity index is 2.31. The molecular weight excluding hydrogens is 422 g/mol. The summed E-state index contributed by atoms with van der Waals surface area (Å²) in [5, 5.41) is 10.8. The molecule has 2 aromatic rings. The smallest absolute Gasteiger partial charge is 0.113 e. The monoisotopic (exact) mass is 428 g/mol. The molecule has 1 aromatic heterocycles. The minimum atomic E-state index is -0.606. The Morgan fingerprint density at radius 2 is 1.94 bits per heavy atom. The van der Waals surface area contributed by atoms with Gasteiger partial charge in [-0.1, -0.05) is 23.7 Å². The van der Waals surface area contributed by atoms with Gasteiger partial charge in [0.05, 0.1) is 8.81 Å². The number of aliphatic hydroxyl groups is 1. The van der Waals surface area contributed by atoms with Crippen molar-refractivity contribution in [2.45, 2.75) is 6.10 Å². The number of hydrogen-bond acceptors (Lipinski definition) is 2. The van der Waals surface area contributed by atoms with E-state index < -0.39 is 6.10 Å². The molecule has 0 aliphatic heterocycles. The Hall–Kier alpha value is 0.380. The zero-order valence-electron chi connectivity index (χ0n) is 7.95. The number of aliphatic hydroxyl groups excluding tert-OH is 1. The quantitative estimate of drug-likeness (QED) is 0.677. The highest BCUT2D eigenvalue weighted by molar-refractivity contribution is 14.1. The third-order valence-electron chi connectivity index (χ3n) is 2.12. The first-order chi connectivity index (χ1) is 7.58. The average Bonchev–Trinajstić information content (AvgIpc) is 2.59. The van der Waals surface area contributed by atoms with Crippen LogP contribution in [-0.4, -0.2) is 5.11 Å². The van der Waals surface area contributed by atoms with Gasteiger partial charge < -0.3 is 5.11 Å². The molecule has 1 unspecified atom stereocenters. The highest BCUT2D eigenvalue weighted by Crippen LogP contribution is 2.37. The van der Waals surface area contributed by atoms with Gasteiger partial charge in [-0.2, -0.15) is 0 Å². The lowest BCUT2D eigenvalue weighted by Crippen LogP contribution is -1.96. The van der Waals surface area contributed by atoms with Crippen molar-refractivity contribution in [1.29, 1.82) is 0 Å². The summed E-state index contributed by atoms with van der Waals surface area (Å²) >= 11 is 13.0. The molecular formula is C11H7BrClIOS. The maximum atomic E-state index is 10.1. The average molecular weight is 430 g/mol. The molecule has 0 fully saturated rings. The zero-order chi connectivity index (χ0) is 11.7. The molecule has 0 radical (unpaired) electrons. The summed E-state index contributed by atoms with van der Waals surface area (Å²) in [5.41, 5.74) is 0.880. The van der Waals surface area contributed by atoms with Gasteiger partial charge in [0.15, 0.2) is 0 Å². The van der Waals surface area contributed by atoms with Crippen LogP contribution in [0.25, 0.3) is 0 Å². The van der Waals surface area contributed by atoms with Crippen LogP contribution in [0.4, 0.5) is 0 Å². The van der Waals surface area contributed by atoms with E-state index in [-0.39, 0.29) is 0 Å². The standard InChI is InChI=1S/C11H7BrClIOS/c12-11-8(13)5-9(16-11)10(15)6-1-3-7(14)4-2-6/h1-5,10,15H.